The van der Waals surface area contributed by atoms with Crippen molar-refractivity contribution in [3.05, 3.63) is 57.6 Å². The molecule has 150 valence electrons. The van der Waals surface area contributed by atoms with Crippen LogP contribution in [0.15, 0.2) is 40.2 Å². The fourth-order valence-electron chi connectivity index (χ4n) is 3.50. The SMILES string of the molecule is O=C(CSc1nc(=O)n(CCCO)c2c1CCCC2)NCCc1ccccc1. The first-order valence-electron chi connectivity index (χ1n) is 9.86. The van der Waals surface area contributed by atoms with Crippen LogP contribution in [-0.2, 0) is 30.6 Å². The van der Waals surface area contributed by atoms with E-state index in [9.17, 15) is 9.59 Å². The van der Waals surface area contributed by atoms with Gasteiger partial charge in [-0.2, -0.15) is 4.98 Å². The Kier molecular flexibility index (Phi) is 7.68. The van der Waals surface area contributed by atoms with Crippen molar-refractivity contribution in [3.63, 3.8) is 0 Å². The molecule has 1 aromatic carbocycles. The minimum Gasteiger partial charge on any atom is -0.396 e. The predicted octanol–water partition coefficient (Wildman–Crippen LogP) is 1.96. The predicted molar refractivity (Wildman–Crippen MR) is 111 cm³/mol. The monoisotopic (exact) mass is 401 g/mol. The molecule has 0 radical (unpaired) electrons. The maximum absolute atomic E-state index is 12.4. The molecule has 0 saturated carbocycles. The molecule has 3 rings (SSSR count). The first-order chi connectivity index (χ1) is 13.7. The Morgan fingerprint density at radius 1 is 1.21 bits per heavy atom. The smallest absolute Gasteiger partial charge is 0.348 e. The minimum absolute atomic E-state index is 0.0447. The highest BCUT2D eigenvalue weighted by Crippen LogP contribution is 2.28. The van der Waals surface area contributed by atoms with E-state index in [4.69, 9.17) is 5.11 Å². The van der Waals surface area contributed by atoms with E-state index in [1.165, 1.54) is 17.3 Å². The Morgan fingerprint density at radius 3 is 2.79 bits per heavy atom. The molecule has 7 heteroatoms. The van der Waals surface area contributed by atoms with Gasteiger partial charge in [-0.15, -0.1) is 0 Å². The molecule has 0 fully saturated rings. The molecule has 0 unspecified atom stereocenters. The van der Waals surface area contributed by atoms with E-state index in [1.807, 2.05) is 30.3 Å². The van der Waals surface area contributed by atoms with E-state index >= 15 is 0 Å². The molecule has 6 nitrogen and oxygen atoms in total. The Labute approximate surface area is 169 Å². The lowest BCUT2D eigenvalue weighted by molar-refractivity contribution is -0.118. The molecule has 0 spiro atoms. The third-order valence-corrected chi connectivity index (χ3v) is 5.93. The molecule has 2 aromatic rings. The van der Waals surface area contributed by atoms with Crippen LogP contribution < -0.4 is 11.0 Å². The summed E-state index contributed by atoms with van der Waals surface area (Å²) in [6, 6.07) is 10.0. The van der Waals surface area contributed by atoms with Crippen molar-refractivity contribution in [3.8, 4) is 0 Å². The number of rotatable bonds is 9. The highest BCUT2D eigenvalue weighted by Gasteiger charge is 2.20. The van der Waals surface area contributed by atoms with Crippen LogP contribution in [0.2, 0.25) is 0 Å². The van der Waals surface area contributed by atoms with E-state index in [-0.39, 0.29) is 24.0 Å². The average Bonchev–Trinajstić information content (AvgIpc) is 2.72. The molecule has 1 aliphatic carbocycles. The number of nitrogens with zero attached hydrogens (tertiary/aromatic N) is 2. The summed E-state index contributed by atoms with van der Waals surface area (Å²) in [5.41, 5.74) is 3.05. The summed E-state index contributed by atoms with van der Waals surface area (Å²) in [5, 5.41) is 12.7. The molecule has 28 heavy (non-hydrogen) atoms. The number of aliphatic hydroxyl groups excluding tert-OH is 1. The van der Waals surface area contributed by atoms with E-state index in [0.29, 0.717) is 24.5 Å². The number of hydrogen-bond donors (Lipinski definition) is 2. The quantitative estimate of drug-likeness (QED) is 0.496. The van der Waals surface area contributed by atoms with Crippen LogP contribution in [0, 0.1) is 0 Å². The summed E-state index contributed by atoms with van der Waals surface area (Å²) in [5.74, 6) is 0.214. The first kappa shape index (κ1) is 20.6. The molecule has 2 N–H and O–H groups in total. The number of aliphatic hydroxyl groups is 1. The van der Waals surface area contributed by atoms with Crippen LogP contribution in [-0.4, -0.2) is 39.5 Å². The summed E-state index contributed by atoms with van der Waals surface area (Å²) in [6.45, 7) is 1.15. The van der Waals surface area contributed by atoms with Crippen molar-refractivity contribution in [2.24, 2.45) is 0 Å². The first-order valence-corrected chi connectivity index (χ1v) is 10.8. The number of benzene rings is 1. The third-order valence-electron chi connectivity index (χ3n) is 4.91. The second kappa shape index (κ2) is 10.4. The van der Waals surface area contributed by atoms with Crippen molar-refractivity contribution < 1.29 is 9.90 Å². The van der Waals surface area contributed by atoms with Gasteiger partial charge in [0, 0.05) is 31.0 Å². The molecule has 0 saturated heterocycles. The molecule has 1 heterocycles. The number of aromatic nitrogens is 2. The zero-order chi connectivity index (χ0) is 19.8. The molecule has 1 aromatic heterocycles. The Bertz CT molecular complexity index is 852. The standard InChI is InChI=1S/C21H27N3O3S/c25-14-6-13-24-18-10-5-4-9-17(18)20(23-21(24)27)28-15-19(26)22-12-11-16-7-2-1-3-8-16/h1-3,7-8,25H,4-6,9-15H2,(H,22,26). The fourth-order valence-corrected chi connectivity index (χ4v) is 4.41. The lowest BCUT2D eigenvalue weighted by atomic mass is 9.97. The van der Waals surface area contributed by atoms with E-state index in [0.717, 1.165) is 43.4 Å². The van der Waals surface area contributed by atoms with Gasteiger partial charge in [0.2, 0.25) is 5.91 Å². The number of fused-ring (bicyclic) bond motifs is 1. The molecule has 0 aliphatic heterocycles. The Morgan fingerprint density at radius 2 is 2.00 bits per heavy atom. The van der Waals surface area contributed by atoms with Crippen LogP contribution in [0.1, 0.15) is 36.1 Å². The van der Waals surface area contributed by atoms with Gasteiger partial charge in [0.05, 0.1) is 5.75 Å². The molecule has 1 aliphatic rings. The normalized spacial score (nSPS) is 13.2. The number of carbonyl (C=O) groups is 1. The summed E-state index contributed by atoms with van der Waals surface area (Å²) in [7, 11) is 0. The van der Waals surface area contributed by atoms with Gasteiger partial charge >= 0.3 is 5.69 Å². The van der Waals surface area contributed by atoms with Gasteiger partial charge in [-0.25, -0.2) is 4.79 Å². The molecule has 1 amide bonds. The van der Waals surface area contributed by atoms with E-state index < -0.39 is 0 Å². The van der Waals surface area contributed by atoms with Crippen LogP contribution in [0.25, 0.3) is 0 Å². The number of hydrogen-bond acceptors (Lipinski definition) is 5. The summed E-state index contributed by atoms with van der Waals surface area (Å²) < 4.78 is 1.70. The fraction of sp³-hybridized carbons (Fsp3) is 0.476. The van der Waals surface area contributed by atoms with Crippen molar-refractivity contribution in [1.82, 2.24) is 14.9 Å². The van der Waals surface area contributed by atoms with Gasteiger partial charge in [0.15, 0.2) is 0 Å². The van der Waals surface area contributed by atoms with Gasteiger partial charge in [-0.1, -0.05) is 42.1 Å². The maximum atomic E-state index is 12.4. The second-order valence-electron chi connectivity index (χ2n) is 6.93. The third kappa shape index (κ3) is 5.45. The summed E-state index contributed by atoms with van der Waals surface area (Å²) in [4.78, 5) is 28.9. The van der Waals surface area contributed by atoms with E-state index in [2.05, 4.69) is 10.3 Å². The van der Waals surface area contributed by atoms with Crippen molar-refractivity contribution in [2.45, 2.75) is 50.1 Å². The van der Waals surface area contributed by atoms with Gasteiger partial charge < -0.3 is 10.4 Å². The maximum Gasteiger partial charge on any atom is 0.348 e. The lowest BCUT2D eigenvalue weighted by Gasteiger charge is -2.22. The Hall–Kier alpha value is -2.12. The van der Waals surface area contributed by atoms with Gasteiger partial charge in [-0.05, 0) is 44.1 Å². The van der Waals surface area contributed by atoms with Crippen LogP contribution in [0.5, 0.6) is 0 Å². The lowest BCUT2D eigenvalue weighted by Crippen LogP contribution is -2.31. The van der Waals surface area contributed by atoms with Crippen molar-refractivity contribution >= 4 is 17.7 Å². The summed E-state index contributed by atoms with van der Waals surface area (Å²) in [6.07, 6.45) is 5.22. The van der Waals surface area contributed by atoms with Crippen LogP contribution >= 0.6 is 11.8 Å². The molecular weight excluding hydrogens is 374 g/mol. The Balaban J connectivity index is 1.60. The average molecular weight is 402 g/mol. The topological polar surface area (TPSA) is 84.2 Å². The van der Waals surface area contributed by atoms with Gasteiger partial charge in [0.1, 0.15) is 5.03 Å². The van der Waals surface area contributed by atoms with Gasteiger partial charge in [0.25, 0.3) is 0 Å². The molecule has 0 atom stereocenters. The molecular formula is C21H27N3O3S. The zero-order valence-corrected chi connectivity index (χ0v) is 16.8. The van der Waals surface area contributed by atoms with Crippen LogP contribution in [0.4, 0.5) is 0 Å². The number of nitrogens with one attached hydrogen (secondary N) is 1. The zero-order valence-electron chi connectivity index (χ0n) is 16.0. The largest absolute Gasteiger partial charge is 0.396 e. The highest BCUT2D eigenvalue weighted by atomic mass is 32.2. The number of carbonyl (C=O) groups excluding carboxylic acids is 1. The second-order valence-corrected chi connectivity index (χ2v) is 7.90. The number of thioether (sulfide) groups is 1. The van der Waals surface area contributed by atoms with E-state index in [1.54, 1.807) is 4.57 Å². The minimum atomic E-state index is -0.277. The highest BCUT2D eigenvalue weighted by molar-refractivity contribution is 7.99. The van der Waals surface area contributed by atoms with Crippen molar-refractivity contribution in [2.75, 3.05) is 18.9 Å². The summed E-state index contributed by atoms with van der Waals surface area (Å²) >= 11 is 1.35. The van der Waals surface area contributed by atoms with Crippen LogP contribution in [0.3, 0.4) is 0 Å². The number of amides is 1. The molecule has 0 bridgehead atoms. The van der Waals surface area contributed by atoms with Crippen molar-refractivity contribution in [1.29, 1.82) is 0 Å². The van der Waals surface area contributed by atoms with Gasteiger partial charge in [-0.3, -0.25) is 9.36 Å².